The second-order valence-electron chi connectivity index (χ2n) is 4.48. The number of rotatable bonds is 9. The van der Waals surface area contributed by atoms with Gasteiger partial charge in [0.25, 0.3) is 0 Å². The molecule has 108 valence electrons. The maximum atomic E-state index is 8.99. The third kappa shape index (κ3) is 5.74. The molecular formula is C13H23BrN4O. The monoisotopic (exact) mass is 330 g/mol. The van der Waals surface area contributed by atoms with E-state index in [-0.39, 0.29) is 6.61 Å². The molecule has 0 fully saturated rings. The molecule has 1 atom stereocenters. The van der Waals surface area contributed by atoms with E-state index < -0.39 is 0 Å². The molecule has 1 unspecified atom stereocenters. The molecule has 0 aromatic carbocycles. The van der Waals surface area contributed by atoms with E-state index in [0.717, 1.165) is 42.6 Å². The normalized spacial score (nSPS) is 12.2. The van der Waals surface area contributed by atoms with E-state index in [1.807, 2.05) is 0 Å². The summed E-state index contributed by atoms with van der Waals surface area (Å²) in [5.74, 6) is 1.90. The van der Waals surface area contributed by atoms with Crippen LogP contribution in [0, 0.1) is 5.92 Å². The first kappa shape index (κ1) is 16.2. The zero-order chi connectivity index (χ0) is 14.1. The average molecular weight is 331 g/mol. The minimum atomic E-state index is 0.231. The Bertz CT molecular complexity index is 376. The van der Waals surface area contributed by atoms with E-state index in [4.69, 9.17) is 5.11 Å². The number of hydrogen-bond acceptors (Lipinski definition) is 5. The number of hydrogen-bond donors (Lipinski definition) is 3. The molecule has 0 aliphatic rings. The highest BCUT2D eigenvalue weighted by Gasteiger charge is 2.09. The molecule has 0 spiro atoms. The van der Waals surface area contributed by atoms with Crippen LogP contribution in [0.4, 0.5) is 11.8 Å². The Morgan fingerprint density at radius 2 is 2.16 bits per heavy atom. The van der Waals surface area contributed by atoms with E-state index >= 15 is 0 Å². The number of aliphatic hydroxyl groups is 1. The minimum Gasteiger partial charge on any atom is -0.396 e. The second kappa shape index (κ2) is 9.09. The first-order valence-corrected chi connectivity index (χ1v) is 7.61. The molecule has 3 N–H and O–H groups in total. The lowest BCUT2D eigenvalue weighted by atomic mass is 10.0. The van der Waals surface area contributed by atoms with Crippen molar-refractivity contribution in [3.63, 3.8) is 0 Å². The van der Waals surface area contributed by atoms with Crippen molar-refractivity contribution in [1.82, 2.24) is 9.97 Å². The van der Waals surface area contributed by atoms with Crippen molar-refractivity contribution in [1.29, 1.82) is 0 Å². The molecule has 0 bridgehead atoms. The van der Waals surface area contributed by atoms with Gasteiger partial charge in [-0.1, -0.05) is 20.3 Å². The molecule has 5 nitrogen and oxygen atoms in total. The molecule has 0 radical (unpaired) electrons. The van der Waals surface area contributed by atoms with Gasteiger partial charge in [-0.25, -0.2) is 4.98 Å². The van der Waals surface area contributed by atoms with Crippen molar-refractivity contribution >= 4 is 27.7 Å². The van der Waals surface area contributed by atoms with Crippen molar-refractivity contribution in [3.05, 3.63) is 10.7 Å². The Kier molecular flexibility index (Phi) is 7.74. The molecule has 1 rings (SSSR count). The van der Waals surface area contributed by atoms with Crippen LogP contribution in [0.2, 0.25) is 0 Å². The summed E-state index contributed by atoms with van der Waals surface area (Å²) in [4.78, 5) is 8.64. The molecule has 1 heterocycles. The third-order valence-corrected chi connectivity index (χ3v) is 3.53. The quantitative estimate of drug-likeness (QED) is 0.649. The number of nitrogens with zero attached hydrogens (tertiary/aromatic N) is 2. The largest absolute Gasteiger partial charge is 0.396 e. The smallest absolute Gasteiger partial charge is 0.224 e. The summed E-state index contributed by atoms with van der Waals surface area (Å²) in [6.07, 6.45) is 4.64. The lowest BCUT2D eigenvalue weighted by molar-refractivity contribution is 0.258. The Labute approximate surface area is 123 Å². The first-order valence-electron chi connectivity index (χ1n) is 6.82. The van der Waals surface area contributed by atoms with Crippen molar-refractivity contribution in [2.75, 3.05) is 30.3 Å². The Hall–Kier alpha value is -0.880. The number of aliphatic hydroxyl groups excluding tert-OH is 1. The number of aromatic nitrogens is 2. The molecular weight excluding hydrogens is 308 g/mol. The van der Waals surface area contributed by atoms with E-state index in [9.17, 15) is 0 Å². The predicted octanol–water partition coefficient (Wildman–Crippen LogP) is 2.88. The van der Waals surface area contributed by atoms with Gasteiger partial charge in [0.15, 0.2) is 0 Å². The number of nitrogens with one attached hydrogen (secondary N) is 2. The Morgan fingerprint density at radius 3 is 2.79 bits per heavy atom. The maximum absolute atomic E-state index is 8.99. The molecule has 19 heavy (non-hydrogen) atoms. The van der Waals surface area contributed by atoms with Crippen molar-refractivity contribution in [2.24, 2.45) is 5.92 Å². The van der Waals surface area contributed by atoms with Gasteiger partial charge in [-0.2, -0.15) is 4.98 Å². The fourth-order valence-electron chi connectivity index (χ4n) is 1.69. The van der Waals surface area contributed by atoms with Crippen LogP contribution in [0.15, 0.2) is 10.7 Å². The molecule has 1 aromatic heterocycles. The van der Waals surface area contributed by atoms with Crippen molar-refractivity contribution in [2.45, 2.75) is 33.1 Å². The average Bonchev–Trinajstić information content (AvgIpc) is 2.43. The summed E-state index contributed by atoms with van der Waals surface area (Å²) >= 11 is 3.44. The fourth-order valence-corrected chi connectivity index (χ4v) is 2.02. The van der Waals surface area contributed by atoms with E-state index in [1.165, 1.54) is 0 Å². The predicted molar refractivity (Wildman–Crippen MR) is 82.5 cm³/mol. The molecule has 1 aromatic rings. The van der Waals surface area contributed by atoms with Gasteiger partial charge in [-0.05, 0) is 34.7 Å². The fraction of sp³-hybridized carbons (Fsp3) is 0.692. The van der Waals surface area contributed by atoms with E-state index in [2.05, 4.69) is 50.4 Å². The van der Waals surface area contributed by atoms with Crippen molar-refractivity contribution in [3.8, 4) is 0 Å². The van der Waals surface area contributed by atoms with Crippen LogP contribution in [-0.4, -0.2) is 34.8 Å². The Balaban J connectivity index is 2.60. The molecule has 0 aliphatic heterocycles. The zero-order valence-corrected chi connectivity index (χ0v) is 13.2. The van der Waals surface area contributed by atoms with E-state index in [0.29, 0.717) is 11.9 Å². The zero-order valence-electron chi connectivity index (χ0n) is 11.6. The summed E-state index contributed by atoms with van der Waals surface area (Å²) in [6, 6.07) is 0. The number of anilines is 2. The number of halogens is 1. The van der Waals surface area contributed by atoms with Crippen LogP contribution in [0.25, 0.3) is 0 Å². The van der Waals surface area contributed by atoms with Gasteiger partial charge in [0.05, 0.1) is 4.47 Å². The van der Waals surface area contributed by atoms with Gasteiger partial charge >= 0.3 is 0 Å². The minimum absolute atomic E-state index is 0.231. The van der Waals surface area contributed by atoms with Gasteiger partial charge in [-0.3, -0.25) is 0 Å². The van der Waals surface area contributed by atoms with Gasteiger partial charge in [0.1, 0.15) is 5.82 Å². The van der Waals surface area contributed by atoms with Gasteiger partial charge < -0.3 is 15.7 Å². The summed E-state index contributed by atoms with van der Waals surface area (Å²) < 4.78 is 0.855. The molecule has 0 aliphatic carbocycles. The highest BCUT2D eigenvalue weighted by Crippen LogP contribution is 2.21. The summed E-state index contributed by atoms with van der Waals surface area (Å²) in [7, 11) is 0. The molecule has 0 saturated carbocycles. The highest BCUT2D eigenvalue weighted by molar-refractivity contribution is 9.10. The van der Waals surface area contributed by atoms with Gasteiger partial charge in [-0.15, -0.1) is 0 Å². The van der Waals surface area contributed by atoms with E-state index in [1.54, 1.807) is 6.20 Å². The summed E-state index contributed by atoms with van der Waals surface area (Å²) in [5, 5.41) is 15.5. The maximum Gasteiger partial charge on any atom is 0.224 e. The highest BCUT2D eigenvalue weighted by atomic mass is 79.9. The summed E-state index contributed by atoms with van der Waals surface area (Å²) in [6.45, 7) is 6.13. The Morgan fingerprint density at radius 1 is 1.37 bits per heavy atom. The van der Waals surface area contributed by atoms with Crippen LogP contribution in [0.1, 0.15) is 33.1 Å². The molecule has 0 amide bonds. The molecule has 6 heteroatoms. The van der Waals surface area contributed by atoms with Gasteiger partial charge in [0, 0.05) is 25.9 Å². The SMILES string of the molecule is CCCNc1ncc(Br)c(NCC(CC)CCO)n1. The first-order chi connectivity index (χ1) is 9.21. The third-order valence-electron chi connectivity index (χ3n) is 2.95. The summed E-state index contributed by atoms with van der Waals surface area (Å²) in [5.41, 5.74) is 0. The second-order valence-corrected chi connectivity index (χ2v) is 5.34. The van der Waals surface area contributed by atoms with Gasteiger partial charge in [0.2, 0.25) is 5.95 Å². The van der Waals surface area contributed by atoms with Crippen LogP contribution < -0.4 is 10.6 Å². The van der Waals surface area contributed by atoms with Crippen LogP contribution in [0.5, 0.6) is 0 Å². The van der Waals surface area contributed by atoms with Crippen molar-refractivity contribution < 1.29 is 5.11 Å². The lowest BCUT2D eigenvalue weighted by Gasteiger charge is -2.16. The van der Waals surface area contributed by atoms with Crippen LogP contribution >= 0.6 is 15.9 Å². The van der Waals surface area contributed by atoms with Crippen LogP contribution in [0.3, 0.4) is 0 Å². The topological polar surface area (TPSA) is 70.1 Å². The molecule has 0 saturated heterocycles. The standard InChI is InChI=1S/C13H23BrN4O/c1-3-6-15-13-17-9-11(14)12(18-13)16-8-10(4-2)5-7-19/h9-10,19H,3-8H2,1-2H3,(H2,15,16,17,18). The van der Waals surface area contributed by atoms with Crippen LogP contribution in [-0.2, 0) is 0 Å². The lowest BCUT2D eigenvalue weighted by Crippen LogP contribution is -2.16.